The summed E-state index contributed by atoms with van der Waals surface area (Å²) >= 11 is 6.00. The third kappa shape index (κ3) is 2.28. The molecule has 2 aliphatic carbocycles. The van der Waals surface area contributed by atoms with E-state index >= 15 is 0 Å². The molecule has 0 spiro atoms. The maximum atomic E-state index is 6.00. The number of imidazole rings is 1. The minimum atomic E-state index is 0.652. The Bertz CT molecular complexity index is 661. The zero-order valence-electron chi connectivity index (χ0n) is 12.7. The van der Waals surface area contributed by atoms with Crippen LogP contribution in [0.1, 0.15) is 37.1 Å². The molecule has 112 valence electrons. The average molecular weight is 303 g/mol. The van der Waals surface area contributed by atoms with Crippen molar-refractivity contribution in [2.45, 2.75) is 45.6 Å². The summed E-state index contributed by atoms with van der Waals surface area (Å²) in [6, 6.07) is 6.44. The number of halogens is 1. The number of fused-ring (bicyclic) bond motifs is 3. The van der Waals surface area contributed by atoms with Crippen LogP contribution in [0.2, 0.25) is 0 Å². The van der Waals surface area contributed by atoms with E-state index in [1.54, 1.807) is 0 Å². The number of rotatable bonds is 4. The van der Waals surface area contributed by atoms with Gasteiger partial charge in [0.15, 0.2) is 0 Å². The highest BCUT2D eigenvalue weighted by Crippen LogP contribution is 2.49. The minimum Gasteiger partial charge on any atom is -0.327 e. The van der Waals surface area contributed by atoms with Crippen molar-refractivity contribution < 1.29 is 0 Å². The van der Waals surface area contributed by atoms with Crippen molar-refractivity contribution in [3.8, 4) is 0 Å². The van der Waals surface area contributed by atoms with Gasteiger partial charge in [0.05, 0.1) is 11.0 Å². The van der Waals surface area contributed by atoms with E-state index in [0.717, 1.165) is 36.2 Å². The van der Waals surface area contributed by atoms with E-state index in [4.69, 9.17) is 16.6 Å². The van der Waals surface area contributed by atoms with Gasteiger partial charge in [-0.2, -0.15) is 0 Å². The third-order valence-corrected chi connectivity index (χ3v) is 5.86. The van der Waals surface area contributed by atoms with E-state index in [-0.39, 0.29) is 0 Å². The van der Waals surface area contributed by atoms with E-state index in [2.05, 4.69) is 29.7 Å². The minimum absolute atomic E-state index is 0.652. The Kier molecular flexibility index (Phi) is 3.45. The lowest BCUT2D eigenvalue weighted by Crippen LogP contribution is -2.19. The zero-order chi connectivity index (χ0) is 14.4. The van der Waals surface area contributed by atoms with Crippen molar-refractivity contribution in [3.63, 3.8) is 0 Å². The Morgan fingerprint density at radius 1 is 1.29 bits per heavy atom. The number of benzene rings is 1. The number of hydrogen-bond donors (Lipinski definition) is 0. The Balaban J connectivity index is 1.73. The summed E-state index contributed by atoms with van der Waals surface area (Å²) in [6.07, 6.45) is 6.69. The molecule has 3 unspecified atom stereocenters. The molecule has 3 heteroatoms. The molecule has 1 aromatic heterocycles. The van der Waals surface area contributed by atoms with Crippen LogP contribution in [0.3, 0.4) is 0 Å². The predicted molar refractivity (Wildman–Crippen MR) is 87.8 cm³/mol. The predicted octanol–water partition coefficient (Wildman–Crippen LogP) is 4.56. The lowest BCUT2D eigenvalue weighted by Gasteiger charge is -2.23. The second kappa shape index (κ2) is 5.31. The summed E-state index contributed by atoms with van der Waals surface area (Å²) in [5.74, 6) is 4.65. The van der Waals surface area contributed by atoms with Crippen molar-refractivity contribution in [1.82, 2.24) is 9.55 Å². The first-order chi connectivity index (χ1) is 10.3. The van der Waals surface area contributed by atoms with Crippen LogP contribution in [-0.2, 0) is 13.0 Å². The van der Waals surface area contributed by atoms with E-state index in [1.807, 2.05) is 0 Å². The van der Waals surface area contributed by atoms with Crippen LogP contribution in [-0.4, -0.2) is 15.4 Å². The molecule has 2 saturated carbocycles. The molecule has 4 rings (SSSR count). The molecule has 0 saturated heterocycles. The monoisotopic (exact) mass is 302 g/mol. The first-order valence-corrected chi connectivity index (χ1v) is 8.80. The van der Waals surface area contributed by atoms with Crippen molar-refractivity contribution >= 4 is 22.6 Å². The first-order valence-electron chi connectivity index (χ1n) is 8.27. The molecule has 0 N–H and O–H groups in total. The molecule has 21 heavy (non-hydrogen) atoms. The lowest BCUT2D eigenvalue weighted by molar-refractivity contribution is 0.296. The van der Waals surface area contributed by atoms with E-state index in [0.29, 0.717) is 5.88 Å². The van der Waals surface area contributed by atoms with Gasteiger partial charge in [-0.05, 0) is 55.6 Å². The number of aryl methyl sites for hydroxylation is 2. The number of nitrogens with zero attached hydrogens (tertiary/aromatic N) is 2. The second-order valence-electron chi connectivity index (χ2n) is 6.96. The van der Waals surface area contributed by atoms with Gasteiger partial charge in [0, 0.05) is 18.8 Å². The molecule has 2 fully saturated rings. The maximum Gasteiger partial charge on any atom is 0.111 e. The highest BCUT2D eigenvalue weighted by molar-refractivity contribution is 6.17. The van der Waals surface area contributed by atoms with Crippen LogP contribution < -0.4 is 0 Å². The Morgan fingerprint density at radius 3 is 2.90 bits per heavy atom. The summed E-state index contributed by atoms with van der Waals surface area (Å²) in [7, 11) is 0. The van der Waals surface area contributed by atoms with Crippen LogP contribution in [0.5, 0.6) is 0 Å². The fraction of sp³-hybridized carbons (Fsp3) is 0.611. The topological polar surface area (TPSA) is 17.8 Å². The third-order valence-electron chi connectivity index (χ3n) is 5.67. The van der Waals surface area contributed by atoms with Crippen molar-refractivity contribution in [3.05, 3.63) is 29.6 Å². The summed E-state index contributed by atoms with van der Waals surface area (Å²) in [5, 5.41) is 0. The maximum absolute atomic E-state index is 6.00. The van der Waals surface area contributed by atoms with Crippen LogP contribution in [0.25, 0.3) is 11.0 Å². The molecular formula is C18H23ClN2. The molecule has 2 aromatic rings. The van der Waals surface area contributed by atoms with Crippen molar-refractivity contribution in [2.24, 2.45) is 17.8 Å². The Hall–Kier alpha value is -1.02. The summed E-state index contributed by atoms with van der Waals surface area (Å²) < 4.78 is 2.48. The fourth-order valence-corrected chi connectivity index (χ4v) is 4.89. The summed E-state index contributed by atoms with van der Waals surface area (Å²) in [5.41, 5.74) is 3.81. The number of aromatic nitrogens is 2. The standard InChI is InChI=1S/C18H23ClN2/c1-12-3-2-4-16-18(12)21(17(20-16)7-8-19)11-15-10-13-5-6-14(15)9-13/h2-4,13-15H,5-11H2,1H3. The lowest BCUT2D eigenvalue weighted by atomic mass is 9.88. The van der Waals surface area contributed by atoms with Crippen LogP contribution >= 0.6 is 11.6 Å². The van der Waals surface area contributed by atoms with E-state index in [9.17, 15) is 0 Å². The average Bonchev–Trinajstić information content (AvgIpc) is 3.15. The van der Waals surface area contributed by atoms with Crippen LogP contribution in [0.4, 0.5) is 0 Å². The van der Waals surface area contributed by atoms with Gasteiger partial charge in [0.25, 0.3) is 0 Å². The highest BCUT2D eigenvalue weighted by Gasteiger charge is 2.39. The quantitative estimate of drug-likeness (QED) is 0.757. The Labute approximate surface area is 131 Å². The van der Waals surface area contributed by atoms with Gasteiger partial charge in [-0.3, -0.25) is 0 Å². The summed E-state index contributed by atoms with van der Waals surface area (Å²) in [4.78, 5) is 4.85. The zero-order valence-corrected chi connectivity index (χ0v) is 13.4. The molecule has 0 amide bonds. The number of alkyl halides is 1. The van der Waals surface area contributed by atoms with Gasteiger partial charge in [-0.15, -0.1) is 11.6 Å². The second-order valence-corrected chi connectivity index (χ2v) is 7.33. The molecule has 1 heterocycles. The van der Waals surface area contributed by atoms with Gasteiger partial charge >= 0.3 is 0 Å². The van der Waals surface area contributed by atoms with Crippen LogP contribution in [0.15, 0.2) is 18.2 Å². The molecule has 3 atom stereocenters. The van der Waals surface area contributed by atoms with Crippen molar-refractivity contribution in [2.75, 3.05) is 5.88 Å². The molecule has 1 aromatic carbocycles. The molecule has 2 aliphatic rings. The van der Waals surface area contributed by atoms with Crippen molar-refractivity contribution in [1.29, 1.82) is 0 Å². The van der Waals surface area contributed by atoms with Gasteiger partial charge in [0.1, 0.15) is 5.82 Å². The van der Waals surface area contributed by atoms with Gasteiger partial charge in [-0.1, -0.05) is 18.6 Å². The molecule has 2 bridgehead atoms. The number of para-hydroxylation sites is 1. The van der Waals surface area contributed by atoms with E-state index < -0.39 is 0 Å². The van der Waals surface area contributed by atoms with Crippen LogP contribution in [0, 0.1) is 24.7 Å². The normalized spacial score (nSPS) is 27.8. The molecule has 2 nitrogen and oxygen atoms in total. The smallest absolute Gasteiger partial charge is 0.111 e. The van der Waals surface area contributed by atoms with Gasteiger partial charge in [0.2, 0.25) is 0 Å². The molecular weight excluding hydrogens is 280 g/mol. The Morgan fingerprint density at radius 2 is 2.19 bits per heavy atom. The molecule has 0 radical (unpaired) electrons. The first kappa shape index (κ1) is 13.6. The fourth-order valence-electron chi connectivity index (χ4n) is 4.72. The van der Waals surface area contributed by atoms with Gasteiger partial charge < -0.3 is 4.57 Å². The number of hydrogen-bond acceptors (Lipinski definition) is 1. The van der Waals surface area contributed by atoms with E-state index in [1.165, 1.54) is 42.6 Å². The SMILES string of the molecule is Cc1cccc2nc(CCCl)n(CC3CC4CCC3C4)c12. The summed E-state index contributed by atoms with van der Waals surface area (Å²) in [6.45, 7) is 3.35. The largest absolute Gasteiger partial charge is 0.327 e. The van der Waals surface area contributed by atoms with Gasteiger partial charge in [-0.25, -0.2) is 4.98 Å². The highest BCUT2D eigenvalue weighted by atomic mass is 35.5. The molecule has 0 aliphatic heterocycles.